The molecule has 0 saturated carbocycles. The Bertz CT molecular complexity index is 872. The summed E-state index contributed by atoms with van der Waals surface area (Å²) in [5, 5.41) is 6.42. The number of nitrogens with zero attached hydrogens (tertiary/aromatic N) is 1. The van der Waals surface area contributed by atoms with Crippen LogP contribution in [0.5, 0.6) is 0 Å². The maximum absolute atomic E-state index is 12.4. The summed E-state index contributed by atoms with van der Waals surface area (Å²) in [4.78, 5) is 16.7. The average molecular weight is 388 g/mol. The van der Waals surface area contributed by atoms with Crippen molar-refractivity contribution in [2.75, 3.05) is 13.1 Å². The maximum atomic E-state index is 12.4. The van der Waals surface area contributed by atoms with Crippen molar-refractivity contribution in [2.24, 2.45) is 5.92 Å². The van der Waals surface area contributed by atoms with Crippen LogP contribution in [-0.2, 0) is 13.0 Å². The molecule has 3 aromatic rings. The molecule has 6 heteroatoms. The highest BCUT2D eigenvalue weighted by molar-refractivity contribution is 7.16. The van der Waals surface area contributed by atoms with Gasteiger partial charge in [0.2, 0.25) is 0 Å². The first-order valence-corrected chi connectivity index (χ1v) is 9.56. The fourth-order valence-corrected chi connectivity index (χ4v) is 4.18. The van der Waals surface area contributed by atoms with E-state index in [0.717, 1.165) is 41.2 Å². The largest absolute Gasteiger partial charge is 0.348 e. The number of carbonyl (C=O) groups excluding carboxylic acids is 1. The number of carbonyl (C=O) groups is 1. The lowest BCUT2D eigenvalue weighted by Gasteiger charge is -2.09. The van der Waals surface area contributed by atoms with Gasteiger partial charge in [-0.2, -0.15) is 0 Å². The molecule has 1 amide bonds. The number of thiazole rings is 1. The molecule has 26 heavy (non-hydrogen) atoms. The first kappa shape index (κ1) is 18.8. The van der Waals surface area contributed by atoms with Crippen molar-refractivity contribution in [3.8, 4) is 0 Å². The molecule has 0 bridgehead atoms. The van der Waals surface area contributed by atoms with Crippen LogP contribution >= 0.6 is 23.7 Å². The van der Waals surface area contributed by atoms with Gasteiger partial charge in [0.05, 0.1) is 15.7 Å². The van der Waals surface area contributed by atoms with Crippen molar-refractivity contribution in [3.63, 3.8) is 0 Å². The lowest BCUT2D eigenvalue weighted by molar-refractivity contribution is 0.0951. The van der Waals surface area contributed by atoms with Crippen LogP contribution in [0.2, 0.25) is 0 Å². The number of nitrogens with one attached hydrogen (secondary N) is 2. The molecule has 1 aliphatic heterocycles. The maximum Gasteiger partial charge on any atom is 0.251 e. The lowest BCUT2D eigenvalue weighted by atomic mass is 9.98. The standard InChI is InChI=1S/C20H21N3OS.ClH/c24-20(22-12-17-2-1-3-18-19(17)25-13-23-18)16-6-4-14(5-7-16)10-15-8-9-21-11-15;/h1-7,13,15,21H,8-12H2,(H,22,24);1H. The minimum absolute atomic E-state index is 0. The van der Waals surface area contributed by atoms with Crippen LogP contribution in [0.3, 0.4) is 0 Å². The molecule has 1 aromatic heterocycles. The summed E-state index contributed by atoms with van der Waals surface area (Å²) >= 11 is 1.61. The molecule has 1 atom stereocenters. The predicted molar refractivity (Wildman–Crippen MR) is 109 cm³/mol. The van der Waals surface area contributed by atoms with Gasteiger partial charge in [0.1, 0.15) is 0 Å². The van der Waals surface area contributed by atoms with Crippen LogP contribution in [0.1, 0.15) is 27.9 Å². The minimum atomic E-state index is -0.0319. The summed E-state index contributed by atoms with van der Waals surface area (Å²) in [5.41, 5.74) is 5.96. The summed E-state index contributed by atoms with van der Waals surface area (Å²) in [6, 6.07) is 14.0. The summed E-state index contributed by atoms with van der Waals surface area (Å²) < 4.78 is 1.14. The van der Waals surface area contributed by atoms with Crippen molar-refractivity contribution in [2.45, 2.75) is 19.4 Å². The summed E-state index contributed by atoms with van der Waals surface area (Å²) in [6.45, 7) is 2.75. The summed E-state index contributed by atoms with van der Waals surface area (Å²) in [5.74, 6) is 0.690. The monoisotopic (exact) mass is 387 g/mol. The van der Waals surface area contributed by atoms with Gasteiger partial charge >= 0.3 is 0 Å². The van der Waals surface area contributed by atoms with Crippen molar-refractivity contribution in [1.82, 2.24) is 15.6 Å². The van der Waals surface area contributed by atoms with E-state index >= 15 is 0 Å². The van der Waals surface area contributed by atoms with Gasteiger partial charge < -0.3 is 10.6 Å². The number of benzene rings is 2. The van der Waals surface area contributed by atoms with Crippen LogP contribution in [0.25, 0.3) is 10.2 Å². The van der Waals surface area contributed by atoms with Crippen molar-refractivity contribution < 1.29 is 4.79 Å². The Kier molecular flexibility index (Phi) is 6.25. The zero-order valence-corrected chi connectivity index (χ0v) is 16.0. The number of fused-ring (bicyclic) bond motifs is 1. The Labute approximate surface area is 163 Å². The number of amides is 1. The molecule has 1 unspecified atom stereocenters. The molecule has 4 rings (SSSR count). The smallest absolute Gasteiger partial charge is 0.251 e. The van der Waals surface area contributed by atoms with Gasteiger partial charge in [-0.05, 0) is 61.2 Å². The SMILES string of the molecule is Cl.O=C(NCc1cccc2ncsc12)c1ccc(CC2CCNC2)cc1. The molecule has 1 fully saturated rings. The van der Waals surface area contributed by atoms with E-state index in [2.05, 4.69) is 27.8 Å². The third-order valence-electron chi connectivity index (χ3n) is 4.78. The topological polar surface area (TPSA) is 54.0 Å². The summed E-state index contributed by atoms with van der Waals surface area (Å²) in [7, 11) is 0. The third kappa shape index (κ3) is 4.23. The molecule has 2 N–H and O–H groups in total. The molecule has 2 heterocycles. The zero-order chi connectivity index (χ0) is 17.1. The van der Waals surface area contributed by atoms with Gasteiger partial charge in [0, 0.05) is 12.1 Å². The Balaban J connectivity index is 0.00000196. The Morgan fingerprint density at radius 2 is 2.08 bits per heavy atom. The molecular weight excluding hydrogens is 366 g/mol. The van der Waals surface area contributed by atoms with Crippen molar-refractivity contribution >= 4 is 39.9 Å². The number of aromatic nitrogens is 1. The van der Waals surface area contributed by atoms with Crippen LogP contribution in [0.4, 0.5) is 0 Å². The van der Waals surface area contributed by atoms with Gasteiger partial charge in [0.15, 0.2) is 0 Å². The van der Waals surface area contributed by atoms with E-state index in [1.807, 2.05) is 35.8 Å². The number of rotatable bonds is 5. The molecule has 1 saturated heterocycles. The summed E-state index contributed by atoms with van der Waals surface area (Å²) in [6.07, 6.45) is 2.33. The highest BCUT2D eigenvalue weighted by Gasteiger charge is 2.15. The Morgan fingerprint density at radius 1 is 1.23 bits per heavy atom. The molecule has 4 nitrogen and oxygen atoms in total. The van der Waals surface area contributed by atoms with Crippen molar-refractivity contribution in [3.05, 3.63) is 64.7 Å². The van der Waals surface area contributed by atoms with Crippen LogP contribution in [0, 0.1) is 5.92 Å². The van der Waals surface area contributed by atoms with Crippen molar-refractivity contribution in [1.29, 1.82) is 0 Å². The van der Waals surface area contributed by atoms with E-state index in [4.69, 9.17) is 0 Å². The minimum Gasteiger partial charge on any atom is -0.348 e. The zero-order valence-electron chi connectivity index (χ0n) is 14.4. The highest BCUT2D eigenvalue weighted by atomic mass is 35.5. The first-order valence-electron chi connectivity index (χ1n) is 8.68. The molecular formula is C20H22ClN3OS. The van der Waals surface area contributed by atoms with E-state index < -0.39 is 0 Å². The quantitative estimate of drug-likeness (QED) is 0.700. The first-order chi connectivity index (χ1) is 12.3. The molecule has 0 spiro atoms. The van der Waals surface area contributed by atoms with Gasteiger partial charge in [-0.1, -0.05) is 24.3 Å². The third-order valence-corrected chi connectivity index (χ3v) is 5.70. The number of hydrogen-bond acceptors (Lipinski definition) is 4. The van der Waals surface area contributed by atoms with E-state index in [9.17, 15) is 4.79 Å². The van der Waals surface area contributed by atoms with E-state index in [1.165, 1.54) is 12.0 Å². The number of halogens is 1. The highest BCUT2D eigenvalue weighted by Crippen LogP contribution is 2.22. The normalized spacial score (nSPS) is 16.4. The van der Waals surface area contributed by atoms with Gasteiger partial charge in [-0.15, -0.1) is 23.7 Å². The second-order valence-electron chi connectivity index (χ2n) is 6.56. The van der Waals surface area contributed by atoms with Gasteiger partial charge in [0.25, 0.3) is 5.91 Å². The number of hydrogen-bond donors (Lipinski definition) is 2. The molecule has 1 aliphatic rings. The van der Waals surface area contributed by atoms with E-state index in [1.54, 1.807) is 11.3 Å². The molecule has 2 aromatic carbocycles. The molecule has 0 radical (unpaired) electrons. The lowest BCUT2D eigenvalue weighted by Crippen LogP contribution is -2.22. The Hall–Kier alpha value is -1.95. The fourth-order valence-electron chi connectivity index (χ4n) is 3.38. The van der Waals surface area contributed by atoms with Gasteiger partial charge in [-0.25, -0.2) is 4.98 Å². The predicted octanol–water partition coefficient (Wildman–Crippen LogP) is 3.80. The van der Waals surface area contributed by atoms with Gasteiger partial charge in [-0.3, -0.25) is 4.79 Å². The second-order valence-corrected chi connectivity index (χ2v) is 7.42. The fraction of sp³-hybridized carbons (Fsp3) is 0.300. The molecule has 136 valence electrons. The molecule has 0 aliphatic carbocycles. The second kappa shape index (κ2) is 8.62. The van der Waals surface area contributed by atoms with E-state index in [0.29, 0.717) is 12.1 Å². The van der Waals surface area contributed by atoms with Crippen LogP contribution in [0.15, 0.2) is 48.0 Å². The van der Waals surface area contributed by atoms with E-state index in [-0.39, 0.29) is 18.3 Å². The van der Waals surface area contributed by atoms with Crippen LogP contribution in [-0.4, -0.2) is 24.0 Å². The Morgan fingerprint density at radius 3 is 2.85 bits per heavy atom. The average Bonchev–Trinajstić information content (AvgIpc) is 3.32. The van der Waals surface area contributed by atoms with Crippen LogP contribution < -0.4 is 10.6 Å².